The number of aromatic nitrogens is 2. The van der Waals surface area contributed by atoms with Crippen molar-refractivity contribution in [2.45, 2.75) is 32.7 Å². The number of carbonyl (C=O) groups is 2. The van der Waals surface area contributed by atoms with Crippen molar-refractivity contribution in [3.63, 3.8) is 0 Å². The number of carboxylic acid groups (broad SMARTS) is 1. The summed E-state index contributed by atoms with van der Waals surface area (Å²) < 4.78 is 5.09. The number of nitrogens with one attached hydrogen (secondary N) is 1. The van der Waals surface area contributed by atoms with Crippen molar-refractivity contribution in [1.82, 2.24) is 15.5 Å². The van der Waals surface area contributed by atoms with Crippen molar-refractivity contribution >= 4 is 23.2 Å². The summed E-state index contributed by atoms with van der Waals surface area (Å²) in [6.45, 7) is 3.48. The van der Waals surface area contributed by atoms with Crippen LogP contribution in [0.1, 0.15) is 26.2 Å². The molecule has 0 bridgehead atoms. The topological polar surface area (TPSA) is 105 Å². The molecule has 0 fully saturated rings. The Hall–Kier alpha value is -2.22. The summed E-state index contributed by atoms with van der Waals surface area (Å²) >= 11 is 1.53. The molecule has 0 aliphatic heterocycles. The first-order chi connectivity index (χ1) is 10.5. The van der Waals surface area contributed by atoms with Crippen molar-refractivity contribution in [1.29, 1.82) is 0 Å². The first-order valence-corrected chi connectivity index (χ1v) is 7.79. The van der Waals surface area contributed by atoms with Gasteiger partial charge in [0.25, 0.3) is 0 Å². The van der Waals surface area contributed by atoms with Crippen LogP contribution < -0.4 is 5.32 Å². The monoisotopic (exact) mass is 323 g/mol. The van der Waals surface area contributed by atoms with E-state index in [0.717, 1.165) is 5.56 Å². The molecule has 0 aliphatic carbocycles. The van der Waals surface area contributed by atoms with Crippen LogP contribution in [-0.2, 0) is 16.0 Å². The van der Waals surface area contributed by atoms with E-state index in [1.165, 1.54) is 11.3 Å². The summed E-state index contributed by atoms with van der Waals surface area (Å²) in [5, 5.41) is 19.2. The Balaban J connectivity index is 1.87. The van der Waals surface area contributed by atoms with E-state index in [0.29, 0.717) is 11.7 Å². The van der Waals surface area contributed by atoms with Crippen LogP contribution in [-0.4, -0.2) is 33.2 Å². The predicted octanol–water partition coefficient (Wildman–Crippen LogP) is 1.96. The molecule has 0 aliphatic rings. The molecule has 0 saturated carbocycles. The second kappa shape index (κ2) is 7.17. The van der Waals surface area contributed by atoms with Gasteiger partial charge in [-0.15, -0.1) is 0 Å². The largest absolute Gasteiger partial charge is 0.480 e. The van der Waals surface area contributed by atoms with Gasteiger partial charge in [-0.05, 0) is 17.4 Å². The predicted molar refractivity (Wildman–Crippen MR) is 80.3 cm³/mol. The van der Waals surface area contributed by atoms with Gasteiger partial charge in [-0.3, -0.25) is 4.79 Å². The van der Waals surface area contributed by atoms with Gasteiger partial charge in [-0.1, -0.05) is 19.0 Å². The number of carbonyl (C=O) groups excluding carboxylic acids is 1. The second-order valence-electron chi connectivity index (χ2n) is 5.15. The molecule has 8 heteroatoms. The average Bonchev–Trinajstić information content (AvgIpc) is 3.12. The second-order valence-corrected chi connectivity index (χ2v) is 5.93. The normalized spacial score (nSPS) is 12.3. The molecule has 2 N–H and O–H groups in total. The Morgan fingerprint density at radius 3 is 2.82 bits per heavy atom. The minimum atomic E-state index is -1.04. The van der Waals surface area contributed by atoms with Crippen LogP contribution in [0.15, 0.2) is 21.3 Å². The standard InChI is InChI=1S/C14H17N3O4S/c1-8(2)12(14(19)20)15-10(18)3-4-11-16-13(17-21-11)9-5-6-22-7-9/h5-8,12H,3-4H2,1-2H3,(H,15,18)(H,19,20)/t12-/m1/s1. The Kier molecular flexibility index (Phi) is 5.26. The van der Waals surface area contributed by atoms with Crippen molar-refractivity contribution < 1.29 is 19.2 Å². The molecule has 0 aromatic carbocycles. The Bertz CT molecular complexity index is 636. The molecular formula is C14H17N3O4S. The number of aryl methyl sites for hydroxylation is 1. The Morgan fingerprint density at radius 2 is 2.23 bits per heavy atom. The number of carboxylic acids is 1. The third kappa shape index (κ3) is 4.14. The average molecular weight is 323 g/mol. The van der Waals surface area contributed by atoms with E-state index in [4.69, 9.17) is 9.63 Å². The number of rotatable bonds is 7. The number of aliphatic carboxylic acids is 1. The van der Waals surface area contributed by atoms with Gasteiger partial charge in [-0.25, -0.2) is 4.79 Å². The summed E-state index contributed by atoms with van der Waals surface area (Å²) in [5.74, 6) is -0.734. The molecule has 2 aromatic heterocycles. The lowest BCUT2D eigenvalue weighted by molar-refractivity contribution is -0.143. The molecule has 7 nitrogen and oxygen atoms in total. The van der Waals surface area contributed by atoms with Gasteiger partial charge in [0.1, 0.15) is 6.04 Å². The number of amides is 1. The van der Waals surface area contributed by atoms with Crippen LogP contribution in [0, 0.1) is 5.92 Å². The number of nitrogens with zero attached hydrogens (tertiary/aromatic N) is 2. The zero-order chi connectivity index (χ0) is 16.1. The zero-order valence-electron chi connectivity index (χ0n) is 12.3. The molecule has 118 valence electrons. The van der Waals surface area contributed by atoms with E-state index in [-0.39, 0.29) is 24.7 Å². The van der Waals surface area contributed by atoms with Gasteiger partial charge >= 0.3 is 5.97 Å². The van der Waals surface area contributed by atoms with E-state index in [1.807, 2.05) is 16.8 Å². The Labute approximate surface area is 131 Å². The van der Waals surface area contributed by atoms with Gasteiger partial charge in [0.15, 0.2) is 0 Å². The summed E-state index contributed by atoms with van der Waals surface area (Å²) in [5.41, 5.74) is 0.871. The summed E-state index contributed by atoms with van der Waals surface area (Å²) in [6.07, 6.45) is 0.370. The number of hydrogen-bond acceptors (Lipinski definition) is 6. The summed E-state index contributed by atoms with van der Waals surface area (Å²) in [7, 11) is 0. The van der Waals surface area contributed by atoms with E-state index in [2.05, 4.69) is 15.5 Å². The van der Waals surface area contributed by atoms with Gasteiger partial charge in [0.05, 0.1) is 0 Å². The highest BCUT2D eigenvalue weighted by atomic mass is 32.1. The van der Waals surface area contributed by atoms with E-state index >= 15 is 0 Å². The fourth-order valence-electron chi connectivity index (χ4n) is 1.84. The summed E-state index contributed by atoms with van der Waals surface area (Å²) in [4.78, 5) is 27.0. The molecule has 2 heterocycles. The maximum atomic E-state index is 11.8. The number of thiophene rings is 1. The molecule has 1 amide bonds. The molecular weight excluding hydrogens is 306 g/mol. The van der Waals surface area contributed by atoms with Crippen LogP contribution >= 0.6 is 11.3 Å². The SMILES string of the molecule is CC(C)[C@@H](NC(=O)CCc1nc(-c2ccsc2)no1)C(=O)O. The highest BCUT2D eigenvalue weighted by Crippen LogP contribution is 2.18. The third-order valence-electron chi connectivity index (χ3n) is 3.06. The minimum Gasteiger partial charge on any atom is -0.480 e. The fourth-order valence-corrected chi connectivity index (χ4v) is 2.48. The lowest BCUT2D eigenvalue weighted by Gasteiger charge is -2.17. The molecule has 0 spiro atoms. The van der Waals surface area contributed by atoms with Crippen molar-refractivity contribution in [3.05, 3.63) is 22.7 Å². The maximum Gasteiger partial charge on any atom is 0.326 e. The van der Waals surface area contributed by atoms with Crippen molar-refractivity contribution in [2.24, 2.45) is 5.92 Å². The summed E-state index contributed by atoms with van der Waals surface area (Å²) in [6, 6.07) is 0.989. The minimum absolute atomic E-state index is 0.0990. The first-order valence-electron chi connectivity index (χ1n) is 6.84. The van der Waals surface area contributed by atoms with Gasteiger partial charge in [0.2, 0.25) is 17.6 Å². The lowest BCUT2D eigenvalue weighted by Crippen LogP contribution is -2.44. The van der Waals surface area contributed by atoms with E-state index in [1.54, 1.807) is 13.8 Å². The first kappa shape index (κ1) is 16.2. The van der Waals surface area contributed by atoms with Gasteiger partial charge in [0, 0.05) is 23.8 Å². The van der Waals surface area contributed by atoms with Crippen LogP contribution in [0.2, 0.25) is 0 Å². The molecule has 2 rings (SSSR count). The smallest absolute Gasteiger partial charge is 0.326 e. The van der Waals surface area contributed by atoms with E-state index < -0.39 is 12.0 Å². The molecule has 22 heavy (non-hydrogen) atoms. The van der Waals surface area contributed by atoms with E-state index in [9.17, 15) is 9.59 Å². The van der Waals surface area contributed by atoms with Gasteiger partial charge in [-0.2, -0.15) is 16.3 Å². The van der Waals surface area contributed by atoms with Crippen LogP contribution in [0.25, 0.3) is 11.4 Å². The van der Waals surface area contributed by atoms with Crippen LogP contribution in [0.3, 0.4) is 0 Å². The molecule has 0 saturated heterocycles. The lowest BCUT2D eigenvalue weighted by atomic mass is 10.0. The maximum absolute atomic E-state index is 11.8. The highest BCUT2D eigenvalue weighted by molar-refractivity contribution is 7.08. The van der Waals surface area contributed by atoms with Crippen molar-refractivity contribution in [3.8, 4) is 11.4 Å². The molecule has 0 radical (unpaired) electrons. The van der Waals surface area contributed by atoms with Crippen molar-refractivity contribution in [2.75, 3.05) is 0 Å². The van der Waals surface area contributed by atoms with Crippen LogP contribution in [0.5, 0.6) is 0 Å². The molecule has 1 atom stereocenters. The highest BCUT2D eigenvalue weighted by Gasteiger charge is 2.23. The van der Waals surface area contributed by atoms with Crippen LogP contribution in [0.4, 0.5) is 0 Å². The fraction of sp³-hybridized carbons (Fsp3) is 0.429. The quantitative estimate of drug-likeness (QED) is 0.807. The Morgan fingerprint density at radius 1 is 1.45 bits per heavy atom. The third-order valence-corrected chi connectivity index (χ3v) is 3.75. The molecule has 2 aromatic rings. The zero-order valence-corrected chi connectivity index (χ0v) is 13.1. The molecule has 0 unspecified atom stereocenters. The van der Waals surface area contributed by atoms with Gasteiger partial charge < -0.3 is 14.9 Å². The number of hydrogen-bond donors (Lipinski definition) is 2.